The second-order valence-corrected chi connectivity index (χ2v) is 12.8. The molecule has 8 rings (SSSR count). The molecule has 3 aliphatic rings. The molecule has 11 heteroatoms. The number of likely N-dealkylation sites (tertiary alicyclic amines) is 1. The van der Waals surface area contributed by atoms with Crippen LogP contribution in [-0.4, -0.2) is 67.8 Å². The molecule has 0 atom stereocenters. The Morgan fingerprint density at radius 3 is 2.63 bits per heavy atom. The topological polar surface area (TPSA) is 115 Å². The number of amides is 1. The smallest absolute Gasteiger partial charge is 0.265 e. The van der Waals surface area contributed by atoms with Crippen LogP contribution in [0.2, 0.25) is 0 Å². The van der Waals surface area contributed by atoms with Gasteiger partial charge in [-0.25, -0.2) is 13.8 Å². The molecule has 9 nitrogen and oxygen atoms in total. The molecule has 0 unspecified atom stereocenters. The van der Waals surface area contributed by atoms with Crippen LogP contribution in [0, 0.1) is 11.6 Å². The summed E-state index contributed by atoms with van der Waals surface area (Å²) in [4.78, 5) is 29.3. The van der Waals surface area contributed by atoms with Crippen molar-refractivity contribution in [3.05, 3.63) is 89.2 Å². The Bertz CT molecular complexity index is 2010. The number of carbonyl (C=O) groups is 1. The summed E-state index contributed by atoms with van der Waals surface area (Å²) in [6.07, 6.45) is 5.28. The minimum absolute atomic E-state index is 0.0129. The van der Waals surface area contributed by atoms with E-state index in [1.807, 2.05) is 25.1 Å². The van der Waals surface area contributed by atoms with Gasteiger partial charge in [0, 0.05) is 49.0 Å². The zero-order chi connectivity index (χ0) is 31.7. The number of hydrogen-bond acceptors (Lipinski definition) is 7. The highest BCUT2D eigenvalue weighted by Gasteiger charge is 2.36. The van der Waals surface area contributed by atoms with Crippen LogP contribution < -0.4 is 9.64 Å². The average Bonchev–Trinajstić information content (AvgIpc) is 3.79. The summed E-state index contributed by atoms with van der Waals surface area (Å²) < 4.78 is 36.4. The maximum atomic E-state index is 15.3. The van der Waals surface area contributed by atoms with Gasteiger partial charge in [0.1, 0.15) is 41.0 Å². The summed E-state index contributed by atoms with van der Waals surface area (Å²) in [5, 5.41) is 22.2. The number of aromatic amines is 1. The normalized spacial score (nSPS) is 17.8. The predicted octanol–water partition coefficient (Wildman–Crippen LogP) is 5.76. The number of β-amino-alcohol motifs (C(OH)–C–C–N with tert-alkyl or cyclic N) is 1. The summed E-state index contributed by atoms with van der Waals surface area (Å²) in [7, 11) is 0. The number of phenols is 1. The van der Waals surface area contributed by atoms with Crippen LogP contribution >= 0.6 is 0 Å². The van der Waals surface area contributed by atoms with Crippen LogP contribution in [0.3, 0.4) is 0 Å². The Morgan fingerprint density at radius 1 is 1.07 bits per heavy atom. The summed E-state index contributed by atoms with van der Waals surface area (Å²) in [6.45, 7) is 3.77. The zero-order valence-electron chi connectivity index (χ0n) is 25.1. The van der Waals surface area contributed by atoms with Gasteiger partial charge in [0.25, 0.3) is 5.91 Å². The largest absolute Gasteiger partial charge is 0.505 e. The number of benzene rings is 2. The zero-order valence-corrected chi connectivity index (χ0v) is 25.1. The minimum Gasteiger partial charge on any atom is -0.505 e. The van der Waals surface area contributed by atoms with Gasteiger partial charge in [0.2, 0.25) is 0 Å². The number of H-pyrrole nitrogens is 1. The van der Waals surface area contributed by atoms with Gasteiger partial charge < -0.3 is 24.8 Å². The van der Waals surface area contributed by atoms with E-state index in [2.05, 4.69) is 19.9 Å². The number of halogens is 2. The van der Waals surface area contributed by atoms with Crippen molar-refractivity contribution in [1.29, 1.82) is 0 Å². The Labute approximate surface area is 263 Å². The molecule has 3 N–H and O–H groups in total. The fraction of sp³-hybridized carbons (Fsp3) is 0.286. The third-order valence-electron chi connectivity index (χ3n) is 8.96. The number of rotatable bonds is 6. The number of carbonyl (C=O) groups excluding carboxylic acids is 1. The molecule has 46 heavy (non-hydrogen) atoms. The molecule has 5 heterocycles. The quantitative estimate of drug-likeness (QED) is 0.220. The molecular weight excluding hydrogens is 592 g/mol. The van der Waals surface area contributed by atoms with E-state index in [0.717, 1.165) is 30.0 Å². The van der Waals surface area contributed by atoms with E-state index in [0.29, 0.717) is 47.6 Å². The van der Waals surface area contributed by atoms with Gasteiger partial charge in [-0.1, -0.05) is 6.07 Å². The van der Waals surface area contributed by atoms with Crippen molar-refractivity contribution in [2.24, 2.45) is 0 Å². The summed E-state index contributed by atoms with van der Waals surface area (Å²) >= 11 is 0. The molecule has 3 aromatic heterocycles. The number of aromatic hydroxyl groups is 1. The van der Waals surface area contributed by atoms with E-state index in [4.69, 9.17) is 4.74 Å². The molecule has 2 fully saturated rings. The van der Waals surface area contributed by atoms with Crippen molar-refractivity contribution < 1.29 is 28.5 Å². The van der Waals surface area contributed by atoms with Crippen LogP contribution in [0.25, 0.3) is 33.5 Å². The van der Waals surface area contributed by atoms with Crippen molar-refractivity contribution >= 4 is 22.6 Å². The van der Waals surface area contributed by atoms with Crippen LogP contribution in [0.4, 0.5) is 14.5 Å². The van der Waals surface area contributed by atoms with Crippen LogP contribution in [-0.2, 0) is 6.54 Å². The minimum atomic E-state index is -0.711. The number of nitrogens with one attached hydrogen (secondary N) is 1. The van der Waals surface area contributed by atoms with Crippen molar-refractivity contribution in [3.8, 4) is 34.0 Å². The molecule has 1 saturated heterocycles. The van der Waals surface area contributed by atoms with Gasteiger partial charge >= 0.3 is 0 Å². The lowest BCUT2D eigenvalue weighted by Gasteiger charge is -2.44. The van der Waals surface area contributed by atoms with Crippen LogP contribution in [0.1, 0.15) is 47.2 Å². The lowest BCUT2D eigenvalue weighted by atomic mass is 9.96. The molecule has 1 saturated carbocycles. The first-order valence-corrected chi connectivity index (χ1v) is 15.3. The number of anilines is 1. The van der Waals surface area contributed by atoms with Gasteiger partial charge in [-0.05, 0) is 78.8 Å². The molecule has 0 radical (unpaired) electrons. The molecule has 1 amide bonds. The van der Waals surface area contributed by atoms with Crippen molar-refractivity contribution in [2.75, 3.05) is 31.1 Å². The van der Waals surface area contributed by atoms with E-state index in [1.165, 1.54) is 17.0 Å². The van der Waals surface area contributed by atoms with E-state index in [9.17, 15) is 15.0 Å². The first-order valence-electron chi connectivity index (χ1n) is 15.3. The molecule has 1 aliphatic carbocycles. The number of ether oxygens (including phenoxy) is 1. The lowest BCUT2D eigenvalue weighted by molar-refractivity contribution is -0.0871. The van der Waals surface area contributed by atoms with Crippen molar-refractivity contribution in [1.82, 2.24) is 19.9 Å². The maximum absolute atomic E-state index is 15.3. The predicted molar refractivity (Wildman–Crippen MR) is 168 cm³/mol. The molecule has 0 bridgehead atoms. The van der Waals surface area contributed by atoms with Gasteiger partial charge in [-0.2, -0.15) is 0 Å². The first-order chi connectivity index (χ1) is 22.1. The second kappa shape index (κ2) is 10.6. The third kappa shape index (κ3) is 5.05. The molecule has 2 aliphatic heterocycles. The Balaban J connectivity index is 1.12. The maximum Gasteiger partial charge on any atom is 0.265 e. The number of pyridine rings is 2. The van der Waals surface area contributed by atoms with Gasteiger partial charge in [0.05, 0.1) is 29.2 Å². The first kappa shape index (κ1) is 28.6. The van der Waals surface area contributed by atoms with Crippen LogP contribution in [0.5, 0.6) is 11.5 Å². The van der Waals surface area contributed by atoms with Crippen LogP contribution in [0.15, 0.2) is 60.9 Å². The number of hydrogen-bond donors (Lipinski definition) is 3. The Morgan fingerprint density at radius 2 is 1.89 bits per heavy atom. The van der Waals surface area contributed by atoms with Gasteiger partial charge in [-0.3, -0.25) is 14.7 Å². The second-order valence-electron chi connectivity index (χ2n) is 12.8. The number of nitrogens with zero attached hydrogens (tertiary/aromatic N) is 4. The summed E-state index contributed by atoms with van der Waals surface area (Å²) in [5.41, 5.74) is 3.38. The fourth-order valence-electron chi connectivity index (χ4n) is 6.65. The SMILES string of the molecule is CC1(O)CN(Cc2ccc(-c3cc4c(-c5cc(F)cc(N6CCOc7cc(C8CC8)cc(F)c7C6=O)c5O)ccnc4[nH]3)nc2)C1. The number of phenolic OH excluding ortho intramolecular Hbond substituents is 1. The average molecular weight is 624 g/mol. The summed E-state index contributed by atoms with van der Waals surface area (Å²) in [5.74, 6) is -1.97. The molecule has 234 valence electrons. The highest BCUT2D eigenvalue weighted by atomic mass is 19.1. The molecular formula is C35H31F2N5O4. The standard InChI is InChI=1S/C35H31F2N5O4/c1-35(45)17-41(18-35)16-19-2-5-27(39-15-19)28-14-25-23(6-7-38-33(25)40-28)24-12-22(36)13-29(32(24)43)42-8-9-46-30-11-21(20-3-4-20)10-26(37)31(30)34(42)44/h2,5-7,10-15,20,43,45H,3-4,8-9,16-18H2,1H3,(H,38,40). The van der Waals surface area contributed by atoms with E-state index < -0.39 is 23.1 Å². The molecule has 2 aromatic carbocycles. The number of aromatic nitrogens is 3. The van der Waals surface area contributed by atoms with Crippen molar-refractivity contribution in [2.45, 2.75) is 37.8 Å². The monoisotopic (exact) mass is 623 g/mol. The highest BCUT2D eigenvalue weighted by molar-refractivity contribution is 6.10. The number of aliphatic hydroxyl groups is 1. The molecule has 5 aromatic rings. The van der Waals surface area contributed by atoms with Gasteiger partial charge in [0.15, 0.2) is 0 Å². The Kier molecular flexibility index (Phi) is 6.59. The van der Waals surface area contributed by atoms with E-state index >= 15 is 8.78 Å². The van der Waals surface area contributed by atoms with E-state index in [-0.39, 0.29) is 47.4 Å². The summed E-state index contributed by atoms with van der Waals surface area (Å²) in [6, 6.07) is 12.7. The highest BCUT2D eigenvalue weighted by Crippen LogP contribution is 2.45. The lowest BCUT2D eigenvalue weighted by Crippen LogP contribution is -2.59. The third-order valence-corrected chi connectivity index (χ3v) is 8.96. The fourth-order valence-corrected chi connectivity index (χ4v) is 6.65. The van der Waals surface area contributed by atoms with Crippen molar-refractivity contribution in [3.63, 3.8) is 0 Å². The van der Waals surface area contributed by atoms with Gasteiger partial charge in [-0.15, -0.1) is 0 Å². The Hall–Kier alpha value is -4.87. The van der Waals surface area contributed by atoms with E-state index in [1.54, 1.807) is 24.5 Å². The molecule has 0 spiro atoms. The number of fused-ring (bicyclic) bond motifs is 2.